The van der Waals surface area contributed by atoms with Crippen molar-refractivity contribution in [3.63, 3.8) is 0 Å². The molecular formula is C17H15NO4S. The van der Waals surface area contributed by atoms with E-state index in [0.717, 1.165) is 16.0 Å². The molecule has 23 heavy (non-hydrogen) atoms. The smallest absolute Gasteiger partial charge is 0.326 e. The highest BCUT2D eigenvalue weighted by Crippen LogP contribution is 2.31. The number of benzene rings is 2. The predicted molar refractivity (Wildman–Crippen MR) is 89.2 cm³/mol. The molecule has 3 rings (SSSR count). The van der Waals surface area contributed by atoms with E-state index >= 15 is 0 Å². The van der Waals surface area contributed by atoms with Crippen LogP contribution in [-0.4, -0.2) is 17.1 Å². The molecule has 1 heterocycles. The van der Waals surface area contributed by atoms with Gasteiger partial charge in [-0.25, -0.2) is 0 Å². The molecule has 0 bridgehead atoms. The van der Waals surface area contributed by atoms with Crippen LogP contribution in [-0.2, 0) is 16.1 Å². The number of aromatic nitrogens is 1. The van der Waals surface area contributed by atoms with Crippen LogP contribution < -0.4 is 9.61 Å². The molecule has 5 nitrogen and oxygen atoms in total. The molecule has 0 fully saturated rings. The quantitative estimate of drug-likeness (QED) is 0.673. The minimum atomic E-state index is -0.441. The second kappa shape index (κ2) is 6.66. The van der Waals surface area contributed by atoms with Crippen molar-refractivity contribution in [1.82, 2.24) is 4.57 Å². The van der Waals surface area contributed by atoms with Crippen LogP contribution in [0.3, 0.4) is 0 Å². The van der Waals surface area contributed by atoms with Crippen molar-refractivity contribution in [3.8, 4) is 11.5 Å². The Morgan fingerprint density at radius 2 is 1.91 bits per heavy atom. The van der Waals surface area contributed by atoms with Crippen molar-refractivity contribution in [2.45, 2.75) is 13.5 Å². The molecule has 0 unspecified atom stereocenters. The van der Waals surface area contributed by atoms with E-state index in [1.165, 1.54) is 4.57 Å². The topological polar surface area (TPSA) is 57.5 Å². The molecule has 3 aromatic rings. The standard InChI is InChI=1S/C17H15NO4S/c1-2-21-15(19)11-18-16-13(22-12-7-4-3-5-8-12)9-6-10-14(16)23-17(18)20/h3-10H,2,11H2,1H3. The van der Waals surface area contributed by atoms with Gasteiger partial charge in [-0.05, 0) is 31.2 Å². The van der Waals surface area contributed by atoms with E-state index in [-0.39, 0.29) is 18.0 Å². The first kappa shape index (κ1) is 15.3. The fourth-order valence-electron chi connectivity index (χ4n) is 2.27. The summed E-state index contributed by atoms with van der Waals surface area (Å²) in [6.45, 7) is 1.89. The highest BCUT2D eigenvalue weighted by Gasteiger charge is 2.16. The van der Waals surface area contributed by atoms with Gasteiger partial charge in [-0.2, -0.15) is 0 Å². The van der Waals surface area contributed by atoms with E-state index in [0.29, 0.717) is 17.0 Å². The van der Waals surface area contributed by atoms with Crippen molar-refractivity contribution in [3.05, 3.63) is 58.2 Å². The monoisotopic (exact) mass is 329 g/mol. The number of thiazole rings is 1. The van der Waals surface area contributed by atoms with Gasteiger partial charge in [0, 0.05) is 0 Å². The van der Waals surface area contributed by atoms with Crippen LogP contribution >= 0.6 is 11.3 Å². The molecule has 0 saturated heterocycles. The third kappa shape index (κ3) is 3.27. The first-order chi connectivity index (χ1) is 11.2. The number of ether oxygens (including phenoxy) is 2. The summed E-state index contributed by atoms with van der Waals surface area (Å²) in [4.78, 5) is 23.7. The third-order valence-corrected chi connectivity index (χ3v) is 4.16. The van der Waals surface area contributed by atoms with Crippen LogP contribution in [0.2, 0.25) is 0 Å². The van der Waals surface area contributed by atoms with Gasteiger partial charge in [-0.1, -0.05) is 35.6 Å². The fraction of sp³-hybridized carbons (Fsp3) is 0.176. The first-order valence-corrected chi connectivity index (χ1v) is 8.01. The van der Waals surface area contributed by atoms with Crippen LogP contribution in [0, 0.1) is 0 Å². The second-order valence-corrected chi connectivity index (χ2v) is 5.77. The molecule has 0 saturated carbocycles. The van der Waals surface area contributed by atoms with Gasteiger partial charge in [0.15, 0.2) is 5.75 Å². The summed E-state index contributed by atoms with van der Waals surface area (Å²) in [5, 5.41) is 0. The summed E-state index contributed by atoms with van der Waals surface area (Å²) in [6.07, 6.45) is 0. The Kier molecular flexibility index (Phi) is 4.43. The van der Waals surface area contributed by atoms with E-state index in [4.69, 9.17) is 9.47 Å². The van der Waals surface area contributed by atoms with Crippen molar-refractivity contribution >= 4 is 27.5 Å². The predicted octanol–water partition coefficient (Wildman–Crippen LogP) is 3.42. The lowest BCUT2D eigenvalue weighted by atomic mass is 10.3. The number of hydrogen-bond donors (Lipinski definition) is 0. The number of carbonyl (C=O) groups is 1. The average Bonchev–Trinajstić information content (AvgIpc) is 2.85. The van der Waals surface area contributed by atoms with Crippen molar-refractivity contribution in [1.29, 1.82) is 0 Å². The fourth-order valence-corrected chi connectivity index (χ4v) is 3.18. The zero-order chi connectivity index (χ0) is 16.2. The maximum atomic E-state index is 12.2. The van der Waals surface area contributed by atoms with Gasteiger partial charge in [0.05, 0.1) is 11.3 Å². The molecule has 0 spiro atoms. The van der Waals surface area contributed by atoms with Gasteiger partial charge in [-0.3, -0.25) is 14.2 Å². The maximum absolute atomic E-state index is 12.2. The first-order valence-electron chi connectivity index (χ1n) is 7.20. The van der Waals surface area contributed by atoms with E-state index in [1.54, 1.807) is 13.0 Å². The number of fused-ring (bicyclic) bond motifs is 1. The number of para-hydroxylation sites is 2. The van der Waals surface area contributed by atoms with Crippen molar-refractivity contribution in [2.75, 3.05) is 6.61 Å². The maximum Gasteiger partial charge on any atom is 0.326 e. The summed E-state index contributed by atoms with van der Waals surface area (Å²) in [5.74, 6) is 0.765. The molecule has 0 aliphatic carbocycles. The summed E-state index contributed by atoms with van der Waals surface area (Å²) in [6, 6.07) is 14.7. The minimum Gasteiger partial charge on any atom is -0.465 e. The zero-order valence-corrected chi connectivity index (χ0v) is 13.3. The van der Waals surface area contributed by atoms with Gasteiger partial charge in [0.25, 0.3) is 0 Å². The molecule has 0 N–H and O–H groups in total. The summed E-state index contributed by atoms with van der Waals surface area (Å²) in [5.41, 5.74) is 0.611. The van der Waals surface area contributed by atoms with Crippen LogP contribution in [0.4, 0.5) is 0 Å². The Balaban J connectivity index is 2.05. The van der Waals surface area contributed by atoms with E-state index in [2.05, 4.69) is 0 Å². The van der Waals surface area contributed by atoms with Gasteiger partial charge in [0.1, 0.15) is 17.8 Å². The lowest BCUT2D eigenvalue weighted by molar-refractivity contribution is -0.143. The van der Waals surface area contributed by atoms with E-state index < -0.39 is 5.97 Å². The number of hydrogen-bond acceptors (Lipinski definition) is 5. The highest BCUT2D eigenvalue weighted by molar-refractivity contribution is 7.16. The number of carbonyl (C=O) groups excluding carboxylic acids is 1. The largest absolute Gasteiger partial charge is 0.465 e. The average molecular weight is 329 g/mol. The van der Waals surface area contributed by atoms with Crippen LogP contribution in [0.5, 0.6) is 11.5 Å². The molecule has 0 aliphatic rings. The van der Waals surface area contributed by atoms with Crippen LogP contribution in [0.25, 0.3) is 10.2 Å². The molecule has 2 aromatic carbocycles. The van der Waals surface area contributed by atoms with Crippen LogP contribution in [0.15, 0.2) is 53.3 Å². The second-order valence-electron chi connectivity index (χ2n) is 4.78. The molecule has 6 heteroatoms. The summed E-state index contributed by atoms with van der Waals surface area (Å²) in [7, 11) is 0. The molecular weight excluding hydrogens is 314 g/mol. The lowest BCUT2D eigenvalue weighted by Crippen LogP contribution is -2.21. The normalized spacial score (nSPS) is 10.7. The number of nitrogens with zero attached hydrogens (tertiary/aromatic N) is 1. The zero-order valence-electron chi connectivity index (χ0n) is 12.5. The van der Waals surface area contributed by atoms with Crippen LogP contribution in [0.1, 0.15) is 6.92 Å². The van der Waals surface area contributed by atoms with Gasteiger partial charge in [0.2, 0.25) is 0 Å². The Bertz CT molecular complexity index is 882. The Labute approximate surface area is 136 Å². The third-order valence-electron chi connectivity index (χ3n) is 3.21. The van der Waals surface area contributed by atoms with E-state index in [9.17, 15) is 9.59 Å². The Morgan fingerprint density at radius 1 is 1.13 bits per heavy atom. The molecule has 0 amide bonds. The van der Waals surface area contributed by atoms with Gasteiger partial charge in [-0.15, -0.1) is 0 Å². The molecule has 118 valence electrons. The highest BCUT2D eigenvalue weighted by atomic mass is 32.1. The summed E-state index contributed by atoms with van der Waals surface area (Å²) >= 11 is 1.08. The van der Waals surface area contributed by atoms with Crippen molar-refractivity contribution in [2.24, 2.45) is 0 Å². The van der Waals surface area contributed by atoms with E-state index in [1.807, 2.05) is 42.5 Å². The number of rotatable bonds is 5. The van der Waals surface area contributed by atoms with Gasteiger partial charge >= 0.3 is 10.8 Å². The van der Waals surface area contributed by atoms with Gasteiger partial charge < -0.3 is 9.47 Å². The SMILES string of the molecule is CCOC(=O)Cn1c(=O)sc2cccc(Oc3ccccc3)c21. The summed E-state index contributed by atoms with van der Waals surface area (Å²) < 4.78 is 13.0. The number of esters is 1. The minimum absolute atomic E-state index is 0.123. The Hall–Kier alpha value is -2.60. The molecule has 0 radical (unpaired) electrons. The Morgan fingerprint density at radius 3 is 2.65 bits per heavy atom. The van der Waals surface area contributed by atoms with Crippen molar-refractivity contribution < 1.29 is 14.3 Å². The lowest BCUT2D eigenvalue weighted by Gasteiger charge is -2.09. The molecule has 0 atom stereocenters. The molecule has 1 aromatic heterocycles. The molecule has 0 aliphatic heterocycles.